The van der Waals surface area contributed by atoms with Gasteiger partial charge >= 0.3 is 0 Å². The minimum absolute atomic E-state index is 0.886. The Kier molecular flexibility index (Phi) is 2.72. The van der Waals surface area contributed by atoms with Crippen molar-refractivity contribution in [3.8, 4) is 22.4 Å². The maximum atomic E-state index is 5.17. The van der Waals surface area contributed by atoms with E-state index < -0.39 is 0 Å². The van der Waals surface area contributed by atoms with Gasteiger partial charge in [-0.1, -0.05) is 30.3 Å². The largest absolute Gasteiger partial charge is 0.294 e. The Hall–Kier alpha value is -4.05. The summed E-state index contributed by atoms with van der Waals surface area (Å²) in [6, 6.07) is 19.7. The number of aromatic nitrogens is 4. The molecule has 0 amide bonds. The summed E-state index contributed by atoms with van der Waals surface area (Å²) < 4.78 is 2.31. The molecule has 0 unspecified atom stereocenters. The summed E-state index contributed by atoms with van der Waals surface area (Å²) in [5.74, 6) is 0. The van der Waals surface area contributed by atoms with Crippen molar-refractivity contribution in [2.75, 3.05) is 0 Å². The van der Waals surface area contributed by atoms with Crippen LogP contribution in [0, 0.1) is 0 Å². The number of fused-ring (bicyclic) bond motifs is 13. The Morgan fingerprint density at radius 2 is 1.65 bits per heavy atom. The first-order valence-corrected chi connectivity index (χ1v) is 10.6. The molecule has 6 aromatic rings. The normalized spacial score (nSPS) is 13.5. The third kappa shape index (κ3) is 1.88. The fourth-order valence-electron chi connectivity index (χ4n) is 5.62. The molecule has 0 radical (unpaired) electrons. The van der Waals surface area contributed by atoms with Gasteiger partial charge in [-0.25, -0.2) is 4.98 Å². The van der Waals surface area contributed by atoms with Crippen LogP contribution in [0.25, 0.3) is 49.8 Å². The lowest BCUT2D eigenvalue weighted by Crippen LogP contribution is -1.97. The van der Waals surface area contributed by atoms with Gasteiger partial charge in [0.25, 0.3) is 0 Å². The van der Waals surface area contributed by atoms with Crippen LogP contribution < -0.4 is 0 Å². The van der Waals surface area contributed by atoms with Crippen molar-refractivity contribution in [1.82, 2.24) is 19.4 Å². The summed E-state index contributed by atoms with van der Waals surface area (Å²) in [5.41, 5.74) is 13.6. The first-order valence-electron chi connectivity index (χ1n) is 10.6. The van der Waals surface area contributed by atoms with E-state index in [1.807, 2.05) is 24.7 Å². The molecule has 0 spiro atoms. The summed E-state index contributed by atoms with van der Waals surface area (Å²) in [4.78, 5) is 14.3. The van der Waals surface area contributed by atoms with Crippen molar-refractivity contribution in [1.29, 1.82) is 0 Å². The van der Waals surface area contributed by atoms with Gasteiger partial charge in [0.05, 0.1) is 16.9 Å². The first kappa shape index (κ1) is 15.7. The van der Waals surface area contributed by atoms with Crippen molar-refractivity contribution in [3.63, 3.8) is 0 Å². The Balaban J connectivity index is 1.46. The lowest BCUT2D eigenvalue weighted by molar-refractivity contribution is 1.09. The average molecular weight is 396 g/mol. The summed E-state index contributed by atoms with van der Waals surface area (Å²) in [6.07, 6.45) is 7.54. The van der Waals surface area contributed by atoms with Gasteiger partial charge in [0.15, 0.2) is 5.65 Å². The van der Waals surface area contributed by atoms with Gasteiger partial charge < -0.3 is 0 Å². The second kappa shape index (κ2) is 5.35. The van der Waals surface area contributed by atoms with Gasteiger partial charge in [-0.2, -0.15) is 0 Å². The molecule has 31 heavy (non-hydrogen) atoms. The zero-order valence-corrected chi connectivity index (χ0v) is 16.6. The number of hydrogen-bond donors (Lipinski definition) is 0. The standard InChI is InChI=1S/C27H16N4/c1-2-5-18-15(4-1)10-16-12-21-17(11-20(16)18)13-24-25(21)30-27-26-19(6-3-8-29-26)22-14-28-9-7-23(22)31(24)27/h1-9,11-12,14H,10,13H2. The van der Waals surface area contributed by atoms with E-state index in [1.54, 1.807) is 0 Å². The highest BCUT2D eigenvalue weighted by Gasteiger charge is 2.29. The quantitative estimate of drug-likeness (QED) is 0.315. The highest BCUT2D eigenvalue weighted by atomic mass is 15.1. The van der Waals surface area contributed by atoms with Gasteiger partial charge in [-0.05, 0) is 58.5 Å². The second-order valence-corrected chi connectivity index (χ2v) is 8.54. The molecule has 144 valence electrons. The van der Waals surface area contributed by atoms with Crippen molar-refractivity contribution in [2.45, 2.75) is 12.8 Å². The molecule has 4 heterocycles. The SMILES string of the molecule is c1ccc2c(c1)Cc1cc3c(cc1-2)Cc1c-3nc2c3ncccc3c3cnccc3n12. The zero-order valence-electron chi connectivity index (χ0n) is 16.6. The lowest BCUT2D eigenvalue weighted by Gasteiger charge is -2.09. The maximum absolute atomic E-state index is 5.17. The van der Waals surface area contributed by atoms with Crippen LogP contribution in [-0.4, -0.2) is 19.4 Å². The van der Waals surface area contributed by atoms with Crippen LogP contribution in [0.3, 0.4) is 0 Å². The van der Waals surface area contributed by atoms with Crippen molar-refractivity contribution in [3.05, 3.63) is 95.6 Å². The molecule has 0 N–H and O–H groups in total. The molecular weight excluding hydrogens is 380 g/mol. The van der Waals surface area contributed by atoms with E-state index in [0.29, 0.717) is 0 Å². The number of benzene rings is 2. The Labute approximate surface area is 177 Å². The van der Waals surface area contributed by atoms with E-state index in [9.17, 15) is 0 Å². The Morgan fingerprint density at radius 3 is 2.65 bits per heavy atom. The third-order valence-corrected chi connectivity index (χ3v) is 6.95. The molecular formula is C27H16N4. The fraction of sp³-hybridized carbons (Fsp3) is 0.0741. The monoisotopic (exact) mass is 396 g/mol. The molecule has 0 atom stereocenters. The van der Waals surface area contributed by atoms with Gasteiger partial charge in [0.1, 0.15) is 5.52 Å². The van der Waals surface area contributed by atoms with E-state index >= 15 is 0 Å². The number of rotatable bonds is 0. The van der Waals surface area contributed by atoms with Crippen LogP contribution >= 0.6 is 0 Å². The van der Waals surface area contributed by atoms with Crippen LogP contribution in [0.4, 0.5) is 0 Å². The van der Waals surface area contributed by atoms with E-state index in [2.05, 4.69) is 57.9 Å². The van der Waals surface area contributed by atoms with Gasteiger partial charge in [-0.3, -0.25) is 14.4 Å². The third-order valence-electron chi connectivity index (χ3n) is 6.95. The zero-order chi connectivity index (χ0) is 20.1. The van der Waals surface area contributed by atoms with Crippen molar-refractivity contribution >= 4 is 27.5 Å². The molecule has 0 bridgehead atoms. The van der Waals surface area contributed by atoms with E-state index in [-0.39, 0.29) is 0 Å². The maximum Gasteiger partial charge on any atom is 0.164 e. The molecule has 0 aliphatic heterocycles. The Bertz CT molecular complexity index is 1740. The Morgan fingerprint density at radius 1 is 0.742 bits per heavy atom. The predicted molar refractivity (Wildman–Crippen MR) is 122 cm³/mol. The van der Waals surface area contributed by atoms with E-state index in [4.69, 9.17) is 9.97 Å². The van der Waals surface area contributed by atoms with E-state index in [1.165, 1.54) is 39.1 Å². The smallest absolute Gasteiger partial charge is 0.164 e. The molecule has 4 heteroatoms. The summed E-state index contributed by atoms with van der Waals surface area (Å²) in [6.45, 7) is 0. The molecule has 2 aliphatic rings. The topological polar surface area (TPSA) is 43.1 Å². The number of pyridine rings is 3. The van der Waals surface area contributed by atoms with Crippen LogP contribution in [0.2, 0.25) is 0 Å². The molecule has 2 aromatic carbocycles. The highest BCUT2D eigenvalue weighted by molar-refractivity contribution is 6.10. The molecule has 4 nitrogen and oxygen atoms in total. The average Bonchev–Trinajstić information content (AvgIpc) is 3.47. The molecule has 8 rings (SSSR count). The van der Waals surface area contributed by atoms with Crippen molar-refractivity contribution in [2.24, 2.45) is 0 Å². The van der Waals surface area contributed by atoms with Gasteiger partial charge in [0, 0.05) is 41.3 Å². The number of hydrogen-bond acceptors (Lipinski definition) is 3. The van der Waals surface area contributed by atoms with Crippen LogP contribution in [0.15, 0.2) is 73.2 Å². The predicted octanol–water partition coefficient (Wildman–Crippen LogP) is 5.57. The lowest BCUT2D eigenvalue weighted by atomic mass is 9.99. The molecule has 2 aliphatic carbocycles. The van der Waals surface area contributed by atoms with Crippen LogP contribution in [0.1, 0.15) is 22.4 Å². The fourth-order valence-corrected chi connectivity index (χ4v) is 5.62. The summed E-state index contributed by atoms with van der Waals surface area (Å²) >= 11 is 0. The molecule has 4 aromatic heterocycles. The summed E-state index contributed by atoms with van der Waals surface area (Å²) in [7, 11) is 0. The minimum atomic E-state index is 0.886. The minimum Gasteiger partial charge on any atom is -0.294 e. The van der Waals surface area contributed by atoms with Gasteiger partial charge in [0.2, 0.25) is 0 Å². The highest BCUT2D eigenvalue weighted by Crippen LogP contribution is 2.45. The van der Waals surface area contributed by atoms with E-state index in [0.717, 1.165) is 46.0 Å². The first-order chi connectivity index (χ1) is 15.4. The molecule has 0 saturated heterocycles. The van der Waals surface area contributed by atoms with Gasteiger partial charge in [-0.15, -0.1) is 0 Å². The van der Waals surface area contributed by atoms with Crippen LogP contribution in [0.5, 0.6) is 0 Å². The summed E-state index contributed by atoms with van der Waals surface area (Å²) in [5, 5.41) is 2.22. The molecule has 0 fully saturated rings. The van der Waals surface area contributed by atoms with Crippen molar-refractivity contribution < 1.29 is 0 Å². The van der Waals surface area contributed by atoms with Crippen LogP contribution in [-0.2, 0) is 12.8 Å². The number of imidazole rings is 1. The number of nitrogens with zero attached hydrogens (tertiary/aromatic N) is 4. The second-order valence-electron chi connectivity index (χ2n) is 8.54. The molecule has 0 saturated carbocycles.